The third-order valence-corrected chi connectivity index (χ3v) is 4.51. The van der Waals surface area contributed by atoms with Crippen LogP contribution >= 0.6 is 27.3 Å². The molecular weight excluding hydrogens is 276 g/mol. The maximum Gasteiger partial charge on any atom is 0.188 e. The van der Waals surface area contributed by atoms with E-state index in [-0.39, 0.29) is 0 Å². The highest BCUT2D eigenvalue weighted by molar-refractivity contribution is 9.10. The molecule has 0 aromatic carbocycles. The molecule has 0 radical (unpaired) electrons. The highest BCUT2D eigenvalue weighted by Crippen LogP contribution is 2.35. The summed E-state index contributed by atoms with van der Waals surface area (Å²) in [5.41, 5.74) is 5.87. The van der Waals surface area contributed by atoms with Crippen molar-refractivity contribution in [1.29, 1.82) is 0 Å². The number of methoxy groups -OCH3 is 1. The molecule has 5 heteroatoms. The number of thiophene rings is 1. The van der Waals surface area contributed by atoms with Crippen molar-refractivity contribution in [1.82, 2.24) is 4.90 Å². The van der Waals surface area contributed by atoms with Crippen molar-refractivity contribution >= 4 is 27.3 Å². The molecule has 2 N–H and O–H groups in total. The second-order valence-corrected chi connectivity index (χ2v) is 5.79. The molecule has 0 saturated carbocycles. The van der Waals surface area contributed by atoms with Crippen LogP contribution in [0.3, 0.4) is 0 Å². The first kappa shape index (κ1) is 11.4. The fourth-order valence-corrected chi connectivity index (χ4v) is 3.58. The minimum Gasteiger partial charge on any atom is -0.486 e. The normalized spacial score (nSPS) is 22.2. The molecule has 1 aromatic heterocycles. The second-order valence-electron chi connectivity index (χ2n) is 3.84. The fraction of sp³-hybridized carbons (Fsp3) is 0.600. The van der Waals surface area contributed by atoms with E-state index in [9.17, 15) is 0 Å². The van der Waals surface area contributed by atoms with Crippen LogP contribution in [0.4, 0.5) is 0 Å². The van der Waals surface area contributed by atoms with Crippen LogP contribution in [0.5, 0.6) is 5.06 Å². The number of halogens is 1. The molecule has 2 rings (SSSR count). The van der Waals surface area contributed by atoms with Crippen LogP contribution in [0.25, 0.3) is 0 Å². The van der Waals surface area contributed by atoms with Gasteiger partial charge in [0.2, 0.25) is 0 Å². The van der Waals surface area contributed by atoms with Gasteiger partial charge in [-0.3, -0.25) is 4.90 Å². The molecule has 1 aliphatic heterocycles. The zero-order chi connectivity index (χ0) is 10.8. The lowest BCUT2D eigenvalue weighted by Crippen LogP contribution is -2.25. The summed E-state index contributed by atoms with van der Waals surface area (Å²) in [6.45, 7) is 3.11. The van der Waals surface area contributed by atoms with Gasteiger partial charge < -0.3 is 10.5 Å². The fourth-order valence-electron chi connectivity index (χ4n) is 1.84. The van der Waals surface area contributed by atoms with Crippen LogP contribution in [0.1, 0.15) is 11.3 Å². The lowest BCUT2D eigenvalue weighted by Gasteiger charge is -2.12. The molecule has 1 fully saturated rings. The van der Waals surface area contributed by atoms with E-state index in [1.54, 1.807) is 18.4 Å². The number of hydrogen-bond donors (Lipinski definition) is 1. The Bertz CT molecular complexity index is 342. The van der Waals surface area contributed by atoms with E-state index in [1.807, 2.05) is 0 Å². The molecule has 2 heterocycles. The van der Waals surface area contributed by atoms with Gasteiger partial charge in [-0.05, 0) is 28.4 Å². The Morgan fingerprint density at radius 3 is 3.07 bits per heavy atom. The molecule has 0 amide bonds. The number of ether oxygens (including phenoxy) is 1. The number of rotatable bonds is 3. The Morgan fingerprint density at radius 1 is 1.73 bits per heavy atom. The first-order valence-electron chi connectivity index (χ1n) is 4.99. The van der Waals surface area contributed by atoms with Gasteiger partial charge in [-0.2, -0.15) is 0 Å². The van der Waals surface area contributed by atoms with Crippen molar-refractivity contribution in [3.8, 4) is 5.06 Å². The summed E-state index contributed by atoms with van der Waals surface area (Å²) in [4.78, 5) is 3.72. The Hall–Kier alpha value is -0.100. The largest absolute Gasteiger partial charge is 0.486 e. The van der Waals surface area contributed by atoms with Crippen molar-refractivity contribution in [2.24, 2.45) is 5.73 Å². The Labute approximate surface area is 102 Å². The van der Waals surface area contributed by atoms with Crippen LogP contribution in [0, 0.1) is 0 Å². The van der Waals surface area contributed by atoms with E-state index in [0.717, 1.165) is 35.6 Å². The van der Waals surface area contributed by atoms with Gasteiger partial charge in [-0.25, -0.2) is 0 Å². The van der Waals surface area contributed by atoms with E-state index in [2.05, 4.69) is 26.9 Å². The van der Waals surface area contributed by atoms with E-state index in [0.29, 0.717) is 6.04 Å². The summed E-state index contributed by atoms with van der Waals surface area (Å²) in [5.74, 6) is 0. The second kappa shape index (κ2) is 4.82. The Balaban J connectivity index is 1.98. The summed E-state index contributed by atoms with van der Waals surface area (Å²) in [7, 11) is 1.70. The summed E-state index contributed by atoms with van der Waals surface area (Å²) in [5, 5.41) is 0.952. The lowest BCUT2D eigenvalue weighted by atomic mass is 10.3. The molecule has 0 spiro atoms. The molecule has 0 aliphatic carbocycles. The maximum absolute atomic E-state index is 5.87. The Morgan fingerprint density at radius 2 is 2.53 bits per heavy atom. The van der Waals surface area contributed by atoms with E-state index >= 15 is 0 Å². The Kier molecular flexibility index (Phi) is 3.66. The molecule has 3 nitrogen and oxygen atoms in total. The molecule has 1 unspecified atom stereocenters. The first-order valence-corrected chi connectivity index (χ1v) is 6.60. The molecule has 0 bridgehead atoms. The zero-order valence-electron chi connectivity index (χ0n) is 8.70. The van der Waals surface area contributed by atoms with Crippen LogP contribution in [0.2, 0.25) is 0 Å². The van der Waals surface area contributed by atoms with Crippen LogP contribution in [0.15, 0.2) is 10.5 Å². The third-order valence-electron chi connectivity index (χ3n) is 2.58. The number of nitrogens with two attached hydrogens (primary N) is 1. The van der Waals surface area contributed by atoms with Crippen molar-refractivity contribution in [2.45, 2.75) is 19.0 Å². The summed E-state index contributed by atoms with van der Waals surface area (Å²) in [6, 6.07) is 2.49. The highest BCUT2D eigenvalue weighted by atomic mass is 79.9. The van der Waals surface area contributed by atoms with Crippen molar-refractivity contribution in [2.75, 3.05) is 20.2 Å². The van der Waals surface area contributed by atoms with E-state index in [4.69, 9.17) is 10.5 Å². The summed E-state index contributed by atoms with van der Waals surface area (Å²) >= 11 is 5.18. The number of likely N-dealkylation sites (tertiary alicyclic amines) is 1. The lowest BCUT2D eigenvalue weighted by molar-refractivity contribution is 0.330. The summed E-state index contributed by atoms with van der Waals surface area (Å²) < 4.78 is 6.29. The molecule has 1 aliphatic rings. The smallest absolute Gasteiger partial charge is 0.188 e. The van der Waals surface area contributed by atoms with E-state index < -0.39 is 0 Å². The first-order chi connectivity index (χ1) is 7.19. The van der Waals surface area contributed by atoms with Gasteiger partial charge in [-0.1, -0.05) is 0 Å². The van der Waals surface area contributed by atoms with Gasteiger partial charge in [0.25, 0.3) is 0 Å². The summed E-state index contributed by atoms with van der Waals surface area (Å²) in [6.07, 6.45) is 1.11. The van der Waals surface area contributed by atoms with Crippen LogP contribution in [-0.2, 0) is 6.54 Å². The standard InChI is InChI=1S/C10H15BrN2OS/c1-14-10-9(11)4-8(15-10)6-13-3-2-7(12)5-13/h4,7H,2-3,5-6,12H2,1H3. The predicted molar refractivity (Wildman–Crippen MR) is 66.4 cm³/mol. The quantitative estimate of drug-likeness (QED) is 0.926. The SMILES string of the molecule is COc1sc(CN2CCC(N)C2)cc1Br. The van der Waals surface area contributed by atoms with Crippen LogP contribution < -0.4 is 10.5 Å². The topological polar surface area (TPSA) is 38.5 Å². The van der Waals surface area contributed by atoms with Crippen molar-refractivity contribution in [3.05, 3.63) is 15.4 Å². The molecular formula is C10H15BrN2OS. The number of nitrogens with zero attached hydrogens (tertiary/aromatic N) is 1. The molecule has 15 heavy (non-hydrogen) atoms. The van der Waals surface area contributed by atoms with Crippen molar-refractivity contribution < 1.29 is 4.74 Å². The molecule has 1 saturated heterocycles. The molecule has 1 aromatic rings. The van der Waals surface area contributed by atoms with Crippen molar-refractivity contribution in [3.63, 3.8) is 0 Å². The predicted octanol–water partition coefficient (Wildman–Crippen LogP) is 2.05. The van der Waals surface area contributed by atoms with Crippen LogP contribution in [-0.4, -0.2) is 31.1 Å². The van der Waals surface area contributed by atoms with Gasteiger partial charge in [0.05, 0.1) is 11.6 Å². The van der Waals surface area contributed by atoms with Gasteiger partial charge in [-0.15, -0.1) is 11.3 Å². The van der Waals surface area contributed by atoms with Gasteiger partial charge >= 0.3 is 0 Å². The zero-order valence-corrected chi connectivity index (χ0v) is 11.1. The minimum absolute atomic E-state index is 0.357. The number of hydrogen-bond acceptors (Lipinski definition) is 4. The van der Waals surface area contributed by atoms with Gasteiger partial charge in [0, 0.05) is 30.6 Å². The molecule has 1 atom stereocenters. The van der Waals surface area contributed by atoms with Gasteiger partial charge in [0.15, 0.2) is 5.06 Å². The molecule has 84 valence electrons. The maximum atomic E-state index is 5.87. The minimum atomic E-state index is 0.357. The van der Waals surface area contributed by atoms with E-state index in [1.165, 1.54) is 4.88 Å². The average molecular weight is 291 g/mol. The monoisotopic (exact) mass is 290 g/mol. The average Bonchev–Trinajstić information content (AvgIpc) is 2.73. The highest BCUT2D eigenvalue weighted by Gasteiger charge is 2.20. The third kappa shape index (κ3) is 2.72. The van der Waals surface area contributed by atoms with Gasteiger partial charge in [0.1, 0.15) is 0 Å².